The van der Waals surface area contributed by atoms with Crippen molar-refractivity contribution in [3.05, 3.63) is 28.0 Å². The molecule has 1 N–H and O–H groups in total. The Balaban J connectivity index is 2.33. The number of carbonyl (C=O) groups is 1. The van der Waals surface area contributed by atoms with Crippen LogP contribution in [0.25, 0.3) is 6.08 Å². The molecule has 0 bridgehead atoms. The number of carboxylic acids is 1. The smallest absolute Gasteiger partial charge is 0.328 e. The van der Waals surface area contributed by atoms with Crippen LogP contribution in [0.5, 0.6) is 0 Å². The third kappa shape index (κ3) is 6.54. The predicted octanol–water partition coefficient (Wildman–Crippen LogP) is 4.13. The van der Waals surface area contributed by atoms with Gasteiger partial charge in [0.2, 0.25) is 0 Å². The summed E-state index contributed by atoms with van der Waals surface area (Å²) in [4.78, 5) is 11.7. The zero-order valence-electron chi connectivity index (χ0n) is 10.2. The molecule has 0 aromatic carbocycles. The van der Waals surface area contributed by atoms with Gasteiger partial charge in [0.25, 0.3) is 0 Å². The lowest BCUT2D eigenvalue weighted by atomic mass is 10.2. The summed E-state index contributed by atoms with van der Waals surface area (Å²) in [5, 5.41) is 10.5. The summed E-state index contributed by atoms with van der Waals surface area (Å²) in [6.45, 7) is 4.47. The van der Waals surface area contributed by atoms with Crippen molar-refractivity contribution < 1.29 is 9.90 Å². The normalized spacial score (nSPS) is 11.5. The maximum atomic E-state index is 10.4. The largest absolute Gasteiger partial charge is 0.478 e. The quantitative estimate of drug-likeness (QED) is 0.598. The average molecular weight is 270 g/mol. The first-order chi connectivity index (χ1) is 8.08. The molecular formula is C13H18O2S2. The molecule has 0 saturated carbocycles. The summed E-state index contributed by atoms with van der Waals surface area (Å²) in [6.07, 6.45) is 4.07. The standard InChI is InChI=1S/C13H18O2S2/c1-10(2)5-6-16-9-12-7-11(8-17-12)3-4-13(14)15/h3-4,7-8,10H,5-6,9H2,1-2H3,(H,14,15)/b4-3+. The van der Waals surface area contributed by atoms with Gasteiger partial charge in [-0.3, -0.25) is 0 Å². The molecule has 0 amide bonds. The Bertz CT molecular complexity index is 381. The van der Waals surface area contributed by atoms with Gasteiger partial charge in [-0.1, -0.05) is 13.8 Å². The highest BCUT2D eigenvalue weighted by molar-refractivity contribution is 7.98. The Morgan fingerprint density at radius 1 is 1.59 bits per heavy atom. The lowest BCUT2D eigenvalue weighted by Gasteiger charge is -2.02. The lowest BCUT2D eigenvalue weighted by molar-refractivity contribution is -0.131. The van der Waals surface area contributed by atoms with Gasteiger partial charge in [0.05, 0.1) is 0 Å². The summed E-state index contributed by atoms with van der Waals surface area (Å²) in [5.41, 5.74) is 0.983. The molecule has 0 atom stereocenters. The zero-order valence-corrected chi connectivity index (χ0v) is 11.8. The van der Waals surface area contributed by atoms with Crippen molar-refractivity contribution in [2.24, 2.45) is 5.92 Å². The van der Waals surface area contributed by atoms with E-state index in [1.807, 2.05) is 17.1 Å². The minimum atomic E-state index is -0.899. The van der Waals surface area contributed by atoms with Crippen molar-refractivity contribution in [3.63, 3.8) is 0 Å². The molecule has 0 aliphatic rings. The number of rotatable bonds is 7. The molecule has 0 saturated heterocycles. The van der Waals surface area contributed by atoms with E-state index in [1.165, 1.54) is 23.1 Å². The zero-order chi connectivity index (χ0) is 12.7. The fraction of sp³-hybridized carbons (Fsp3) is 0.462. The molecule has 1 aromatic rings. The van der Waals surface area contributed by atoms with Crippen LogP contribution < -0.4 is 0 Å². The van der Waals surface area contributed by atoms with E-state index in [2.05, 4.69) is 19.9 Å². The number of thioether (sulfide) groups is 1. The molecule has 0 radical (unpaired) electrons. The van der Waals surface area contributed by atoms with Gasteiger partial charge >= 0.3 is 5.97 Å². The van der Waals surface area contributed by atoms with E-state index in [1.54, 1.807) is 17.4 Å². The van der Waals surface area contributed by atoms with Gasteiger partial charge in [-0.2, -0.15) is 11.8 Å². The third-order valence-corrected chi connectivity index (χ3v) is 4.35. The van der Waals surface area contributed by atoms with Crippen LogP contribution in [-0.2, 0) is 10.5 Å². The molecule has 1 aromatic heterocycles. The van der Waals surface area contributed by atoms with Crippen molar-refractivity contribution in [1.82, 2.24) is 0 Å². The third-order valence-electron chi connectivity index (χ3n) is 2.18. The second kappa shape index (κ2) is 7.56. The first-order valence-electron chi connectivity index (χ1n) is 5.64. The molecule has 1 rings (SSSR count). The minimum Gasteiger partial charge on any atom is -0.478 e. The van der Waals surface area contributed by atoms with E-state index in [-0.39, 0.29) is 0 Å². The van der Waals surface area contributed by atoms with Crippen LogP contribution in [-0.4, -0.2) is 16.8 Å². The predicted molar refractivity (Wildman–Crippen MR) is 76.6 cm³/mol. The first-order valence-corrected chi connectivity index (χ1v) is 7.67. The van der Waals surface area contributed by atoms with Gasteiger partial charge in [0.15, 0.2) is 0 Å². The van der Waals surface area contributed by atoms with Gasteiger partial charge in [0, 0.05) is 16.7 Å². The van der Waals surface area contributed by atoms with E-state index >= 15 is 0 Å². The summed E-state index contributed by atoms with van der Waals surface area (Å²) in [5.74, 6) is 2.08. The van der Waals surface area contributed by atoms with Gasteiger partial charge in [0.1, 0.15) is 0 Å². The van der Waals surface area contributed by atoms with E-state index in [4.69, 9.17) is 5.11 Å². The monoisotopic (exact) mass is 270 g/mol. The van der Waals surface area contributed by atoms with Gasteiger partial charge in [-0.15, -0.1) is 11.3 Å². The van der Waals surface area contributed by atoms with Crippen LogP contribution in [0.15, 0.2) is 17.5 Å². The number of carboxylic acid groups (broad SMARTS) is 1. The number of thiophene rings is 1. The van der Waals surface area contributed by atoms with Crippen LogP contribution in [0.2, 0.25) is 0 Å². The molecule has 0 aliphatic heterocycles. The van der Waals surface area contributed by atoms with Crippen LogP contribution in [0, 0.1) is 5.92 Å². The van der Waals surface area contributed by atoms with Gasteiger partial charge in [-0.25, -0.2) is 4.79 Å². The minimum absolute atomic E-state index is 0.764. The highest BCUT2D eigenvalue weighted by atomic mass is 32.2. The molecule has 0 fully saturated rings. The summed E-state index contributed by atoms with van der Waals surface area (Å²) < 4.78 is 0. The second-order valence-corrected chi connectivity index (χ2v) is 6.35. The summed E-state index contributed by atoms with van der Waals surface area (Å²) in [7, 11) is 0. The number of hydrogen-bond donors (Lipinski definition) is 1. The SMILES string of the molecule is CC(C)CCSCc1cc(/C=C/C(=O)O)cs1. The van der Waals surface area contributed by atoms with Crippen molar-refractivity contribution >= 4 is 35.1 Å². The van der Waals surface area contributed by atoms with E-state index < -0.39 is 5.97 Å². The lowest BCUT2D eigenvalue weighted by Crippen LogP contribution is -1.89. The van der Waals surface area contributed by atoms with Crippen LogP contribution in [0.4, 0.5) is 0 Å². The van der Waals surface area contributed by atoms with Crippen LogP contribution in [0.3, 0.4) is 0 Å². The fourth-order valence-electron chi connectivity index (χ4n) is 1.22. The topological polar surface area (TPSA) is 37.3 Å². The Kier molecular flexibility index (Phi) is 6.37. The maximum absolute atomic E-state index is 10.4. The Labute approximate surface area is 111 Å². The highest BCUT2D eigenvalue weighted by Crippen LogP contribution is 2.22. The second-order valence-electron chi connectivity index (χ2n) is 4.25. The van der Waals surface area contributed by atoms with Gasteiger partial charge in [-0.05, 0) is 41.2 Å². The molecule has 17 heavy (non-hydrogen) atoms. The van der Waals surface area contributed by atoms with Crippen molar-refractivity contribution in [1.29, 1.82) is 0 Å². The first kappa shape index (κ1) is 14.3. The molecular weight excluding hydrogens is 252 g/mol. The number of hydrogen-bond acceptors (Lipinski definition) is 3. The van der Waals surface area contributed by atoms with Gasteiger partial charge < -0.3 is 5.11 Å². The van der Waals surface area contributed by atoms with E-state index in [0.29, 0.717) is 0 Å². The van der Waals surface area contributed by atoms with E-state index in [9.17, 15) is 4.79 Å². The van der Waals surface area contributed by atoms with Crippen molar-refractivity contribution in [3.8, 4) is 0 Å². The van der Waals surface area contributed by atoms with Crippen LogP contribution in [0.1, 0.15) is 30.7 Å². The number of aliphatic carboxylic acids is 1. The molecule has 0 spiro atoms. The van der Waals surface area contributed by atoms with Crippen molar-refractivity contribution in [2.45, 2.75) is 26.0 Å². The fourth-order valence-corrected chi connectivity index (χ4v) is 3.45. The maximum Gasteiger partial charge on any atom is 0.328 e. The Morgan fingerprint density at radius 2 is 2.35 bits per heavy atom. The molecule has 4 heteroatoms. The summed E-state index contributed by atoms with van der Waals surface area (Å²) >= 11 is 3.64. The van der Waals surface area contributed by atoms with Crippen LogP contribution >= 0.6 is 23.1 Å². The van der Waals surface area contributed by atoms with E-state index in [0.717, 1.165) is 17.2 Å². The Hall–Kier alpha value is -0.740. The average Bonchev–Trinajstić information content (AvgIpc) is 2.69. The molecule has 1 heterocycles. The molecule has 0 aliphatic carbocycles. The highest BCUT2D eigenvalue weighted by Gasteiger charge is 2.00. The van der Waals surface area contributed by atoms with Crippen molar-refractivity contribution in [2.75, 3.05) is 5.75 Å². The summed E-state index contributed by atoms with van der Waals surface area (Å²) in [6, 6.07) is 2.06. The molecule has 2 nitrogen and oxygen atoms in total. The molecule has 94 valence electrons. The molecule has 0 unspecified atom stereocenters. The Morgan fingerprint density at radius 3 is 3.00 bits per heavy atom.